The number of carbonyl (C=O) groups is 1. The van der Waals surface area contributed by atoms with Crippen LogP contribution in [0.25, 0.3) is 11.1 Å². The van der Waals surface area contributed by atoms with Crippen LogP contribution < -0.4 is 0 Å². The molecule has 0 N–H and O–H groups in total. The van der Waals surface area contributed by atoms with Crippen LogP contribution in [0.5, 0.6) is 0 Å². The maximum absolute atomic E-state index is 13.5. The molecular weight excluding hydrogens is 346 g/mol. The maximum Gasteiger partial charge on any atom is 0.273 e. The molecule has 0 aliphatic heterocycles. The lowest BCUT2D eigenvalue weighted by Gasteiger charge is -2.36. The number of nitrogens with zero attached hydrogens (tertiary/aromatic N) is 3. The molecule has 0 fully saturated rings. The van der Waals surface area contributed by atoms with Crippen molar-refractivity contribution in [1.82, 2.24) is 14.9 Å². The summed E-state index contributed by atoms with van der Waals surface area (Å²) in [5, 5.41) is 0. The van der Waals surface area contributed by atoms with Crippen LogP contribution in [-0.2, 0) is 5.54 Å². The molecule has 28 heavy (non-hydrogen) atoms. The summed E-state index contributed by atoms with van der Waals surface area (Å²) in [7, 11) is 1.83. The van der Waals surface area contributed by atoms with Gasteiger partial charge in [-0.05, 0) is 56.9 Å². The van der Waals surface area contributed by atoms with Crippen LogP contribution >= 0.6 is 0 Å². The van der Waals surface area contributed by atoms with Crippen LogP contribution in [0.15, 0.2) is 54.7 Å². The Bertz CT molecular complexity index is 1010. The average Bonchev–Trinajstić information content (AvgIpc) is 2.70. The number of aryl methyl sites for hydroxylation is 2. The second-order valence-corrected chi connectivity index (χ2v) is 7.72. The maximum atomic E-state index is 13.5. The zero-order chi connectivity index (χ0) is 20.5. The Labute approximate surface area is 167 Å². The third-order valence-electron chi connectivity index (χ3n) is 5.63. The first kappa shape index (κ1) is 19.7. The Kier molecular flexibility index (Phi) is 5.32. The van der Waals surface area contributed by atoms with Gasteiger partial charge in [-0.3, -0.25) is 4.79 Å². The Balaban J connectivity index is 2.09. The van der Waals surface area contributed by atoms with E-state index in [0.29, 0.717) is 11.5 Å². The van der Waals surface area contributed by atoms with Gasteiger partial charge in [0, 0.05) is 18.8 Å². The molecule has 0 aliphatic rings. The Morgan fingerprint density at radius 3 is 2.29 bits per heavy atom. The van der Waals surface area contributed by atoms with E-state index in [9.17, 15) is 4.79 Å². The van der Waals surface area contributed by atoms with Gasteiger partial charge in [0.25, 0.3) is 5.91 Å². The summed E-state index contributed by atoms with van der Waals surface area (Å²) in [5.41, 5.74) is 5.11. The van der Waals surface area contributed by atoms with Gasteiger partial charge < -0.3 is 4.90 Å². The fraction of sp³-hybridized carbons (Fsp3) is 0.292. The van der Waals surface area contributed by atoms with Crippen LogP contribution in [0.3, 0.4) is 0 Å². The first-order valence-electron chi connectivity index (χ1n) is 9.47. The normalized spacial score (nSPS) is 11.4. The summed E-state index contributed by atoms with van der Waals surface area (Å²) in [4.78, 5) is 24.2. The number of carbonyl (C=O) groups excluding carboxylic acids is 1. The molecule has 0 aliphatic carbocycles. The molecule has 4 nitrogen and oxygen atoms in total. The lowest BCUT2D eigenvalue weighted by molar-refractivity contribution is 0.0616. The molecule has 3 rings (SSSR count). The van der Waals surface area contributed by atoms with Gasteiger partial charge in [0.1, 0.15) is 11.5 Å². The van der Waals surface area contributed by atoms with Gasteiger partial charge in [0.2, 0.25) is 0 Å². The van der Waals surface area contributed by atoms with Gasteiger partial charge in [-0.2, -0.15) is 0 Å². The number of aromatic nitrogens is 2. The third kappa shape index (κ3) is 3.55. The van der Waals surface area contributed by atoms with Gasteiger partial charge >= 0.3 is 0 Å². The molecule has 0 atom stereocenters. The molecule has 0 unspecified atom stereocenters. The number of hydrogen-bond acceptors (Lipinski definition) is 3. The quantitative estimate of drug-likeness (QED) is 0.641. The summed E-state index contributed by atoms with van der Waals surface area (Å²) < 4.78 is 0. The smallest absolute Gasteiger partial charge is 0.273 e. The Morgan fingerprint density at radius 1 is 0.929 bits per heavy atom. The molecule has 0 spiro atoms. The summed E-state index contributed by atoms with van der Waals surface area (Å²) in [6.45, 7) is 10.0. The molecule has 4 heteroatoms. The topological polar surface area (TPSA) is 46.1 Å². The molecule has 0 radical (unpaired) electrons. The highest BCUT2D eigenvalue weighted by atomic mass is 16.2. The van der Waals surface area contributed by atoms with Crippen LogP contribution in [0, 0.1) is 20.8 Å². The highest BCUT2D eigenvalue weighted by molar-refractivity contribution is 5.99. The predicted octanol–water partition coefficient (Wildman–Crippen LogP) is 5.08. The molecule has 1 heterocycles. The summed E-state index contributed by atoms with van der Waals surface area (Å²) in [6, 6.07) is 16.1. The highest BCUT2D eigenvalue weighted by Gasteiger charge is 2.32. The van der Waals surface area contributed by atoms with E-state index in [1.54, 1.807) is 11.1 Å². The fourth-order valence-corrected chi connectivity index (χ4v) is 3.33. The minimum absolute atomic E-state index is 0.116. The molecule has 3 aromatic rings. The van der Waals surface area contributed by atoms with Gasteiger partial charge in [-0.15, -0.1) is 0 Å². The lowest BCUT2D eigenvalue weighted by atomic mass is 9.91. The second kappa shape index (κ2) is 7.55. The van der Waals surface area contributed by atoms with Crippen LogP contribution in [0.2, 0.25) is 0 Å². The minimum Gasteiger partial charge on any atom is -0.331 e. The first-order valence-corrected chi connectivity index (χ1v) is 9.47. The van der Waals surface area contributed by atoms with Crippen molar-refractivity contribution in [3.8, 4) is 11.1 Å². The third-order valence-corrected chi connectivity index (χ3v) is 5.63. The Morgan fingerprint density at radius 2 is 1.61 bits per heavy atom. The van der Waals surface area contributed by atoms with Gasteiger partial charge in [-0.1, -0.05) is 48.5 Å². The lowest BCUT2D eigenvalue weighted by Crippen LogP contribution is -2.43. The zero-order valence-electron chi connectivity index (χ0n) is 17.4. The minimum atomic E-state index is -0.476. The molecule has 1 amide bonds. The number of benzene rings is 2. The number of rotatable bonds is 4. The monoisotopic (exact) mass is 373 g/mol. The number of amides is 1. The van der Waals surface area contributed by atoms with Gasteiger partial charge in [0.05, 0.1) is 5.54 Å². The van der Waals surface area contributed by atoms with E-state index in [-0.39, 0.29) is 5.91 Å². The van der Waals surface area contributed by atoms with Crippen molar-refractivity contribution in [1.29, 1.82) is 0 Å². The van der Waals surface area contributed by atoms with Crippen molar-refractivity contribution in [2.75, 3.05) is 7.05 Å². The second-order valence-electron chi connectivity index (χ2n) is 7.72. The van der Waals surface area contributed by atoms with E-state index >= 15 is 0 Å². The van der Waals surface area contributed by atoms with E-state index in [2.05, 4.69) is 29.9 Å². The van der Waals surface area contributed by atoms with E-state index in [1.807, 2.05) is 70.3 Å². The van der Waals surface area contributed by atoms with Crippen molar-refractivity contribution in [3.63, 3.8) is 0 Å². The van der Waals surface area contributed by atoms with Crippen LogP contribution in [-0.4, -0.2) is 27.8 Å². The standard InChI is InChI=1S/C24H27N3O/c1-16-11-10-14-20(17(16)2)21-15-25-18(3)26-22(21)23(28)27(6)24(4,5)19-12-8-7-9-13-19/h7-15H,1-6H3. The number of hydrogen-bond donors (Lipinski definition) is 0. The van der Waals surface area contributed by atoms with Gasteiger partial charge in [0.15, 0.2) is 0 Å². The summed E-state index contributed by atoms with van der Waals surface area (Å²) in [6.07, 6.45) is 1.76. The molecular formula is C24H27N3O. The predicted molar refractivity (Wildman–Crippen MR) is 113 cm³/mol. The molecule has 2 aromatic carbocycles. The summed E-state index contributed by atoms with van der Waals surface area (Å²) in [5.74, 6) is 0.471. The molecule has 144 valence electrons. The van der Waals surface area contributed by atoms with E-state index in [1.165, 1.54) is 5.56 Å². The largest absolute Gasteiger partial charge is 0.331 e. The van der Waals surface area contributed by atoms with Crippen LogP contribution in [0.4, 0.5) is 0 Å². The Hall–Kier alpha value is -3.01. The van der Waals surface area contributed by atoms with Crippen molar-refractivity contribution < 1.29 is 4.79 Å². The first-order chi connectivity index (χ1) is 13.2. The zero-order valence-corrected chi connectivity index (χ0v) is 17.4. The van der Waals surface area contributed by atoms with Crippen molar-refractivity contribution >= 4 is 5.91 Å². The SMILES string of the molecule is Cc1ncc(-c2cccc(C)c2C)c(C(=O)N(C)C(C)(C)c2ccccc2)n1. The summed E-state index contributed by atoms with van der Waals surface area (Å²) >= 11 is 0. The molecule has 0 bridgehead atoms. The molecule has 0 saturated heterocycles. The van der Waals surface area contributed by atoms with E-state index in [4.69, 9.17) is 0 Å². The van der Waals surface area contributed by atoms with Crippen molar-refractivity contribution in [2.24, 2.45) is 0 Å². The van der Waals surface area contributed by atoms with E-state index < -0.39 is 5.54 Å². The highest BCUT2D eigenvalue weighted by Crippen LogP contribution is 2.31. The van der Waals surface area contributed by atoms with Crippen LogP contribution in [0.1, 0.15) is 46.9 Å². The molecule has 1 aromatic heterocycles. The molecule has 0 saturated carbocycles. The van der Waals surface area contributed by atoms with Crippen molar-refractivity contribution in [3.05, 3.63) is 82.9 Å². The van der Waals surface area contributed by atoms with Crippen molar-refractivity contribution in [2.45, 2.75) is 40.2 Å². The fourth-order valence-electron chi connectivity index (χ4n) is 3.33. The average molecular weight is 374 g/mol. The van der Waals surface area contributed by atoms with E-state index in [0.717, 1.165) is 22.3 Å². The van der Waals surface area contributed by atoms with Gasteiger partial charge in [-0.25, -0.2) is 9.97 Å².